The molecule has 0 bridgehead atoms. The molecular weight excluding hydrogens is 286 g/mol. The second-order valence-corrected chi connectivity index (χ2v) is 4.36. The summed E-state index contributed by atoms with van der Waals surface area (Å²) in [7, 11) is 0. The number of benzene rings is 1. The molecule has 0 aromatic heterocycles. The SMILES string of the molecule is CCOC(=O)CNC(=O)c1cc(Br)ccc1C. The third-order valence-electron chi connectivity index (χ3n) is 2.14. The monoisotopic (exact) mass is 299 g/mol. The predicted octanol–water partition coefficient (Wildman–Crippen LogP) is 2.05. The van der Waals surface area contributed by atoms with Gasteiger partial charge in [-0.05, 0) is 31.5 Å². The van der Waals surface area contributed by atoms with Crippen LogP contribution in [0.5, 0.6) is 0 Å². The highest BCUT2D eigenvalue weighted by atomic mass is 79.9. The number of esters is 1. The van der Waals surface area contributed by atoms with Crippen molar-refractivity contribution in [2.24, 2.45) is 0 Å². The summed E-state index contributed by atoms with van der Waals surface area (Å²) in [5.74, 6) is -0.717. The largest absolute Gasteiger partial charge is 0.465 e. The van der Waals surface area contributed by atoms with E-state index in [-0.39, 0.29) is 12.5 Å². The van der Waals surface area contributed by atoms with Gasteiger partial charge in [0, 0.05) is 10.0 Å². The summed E-state index contributed by atoms with van der Waals surface area (Å²) in [6, 6.07) is 5.41. The highest BCUT2D eigenvalue weighted by Gasteiger charge is 2.11. The van der Waals surface area contributed by atoms with Gasteiger partial charge < -0.3 is 10.1 Å². The van der Waals surface area contributed by atoms with Gasteiger partial charge >= 0.3 is 5.97 Å². The quantitative estimate of drug-likeness (QED) is 0.866. The van der Waals surface area contributed by atoms with Gasteiger partial charge in [-0.1, -0.05) is 22.0 Å². The lowest BCUT2D eigenvalue weighted by atomic mass is 10.1. The first-order chi connectivity index (χ1) is 8.04. The van der Waals surface area contributed by atoms with Crippen LogP contribution in [0, 0.1) is 6.92 Å². The lowest BCUT2D eigenvalue weighted by Gasteiger charge is -2.07. The van der Waals surface area contributed by atoms with Gasteiger partial charge in [0.25, 0.3) is 5.91 Å². The minimum absolute atomic E-state index is 0.112. The first-order valence-electron chi connectivity index (χ1n) is 5.24. The normalized spacial score (nSPS) is 9.82. The van der Waals surface area contributed by atoms with Crippen LogP contribution in [-0.4, -0.2) is 25.0 Å². The molecular formula is C12H14BrNO3. The van der Waals surface area contributed by atoms with Gasteiger partial charge in [-0.15, -0.1) is 0 Å². The maximum atomic E-state index is 11.8. The number of ether oxygens (including phenoxy) is 1. The third-order valence-corrected chi connectivity index (χ3v) is 2.64. The Hall–Kier alpha value is -1.36. The Morgan fingerprint density at radius 3 is 2.76 bits per heavy atom. The molecule has 17 heavy (non-hydrogen) atoms. The van der Waals surface area contributed by atoms with Crippen molar-refractivity contribution >= 4 is 27.8 Å². The highest BCUT2D eigenvalue weighted by molar-refractivity contribution is 9.10. The lowest BCUT2D eigenvalue weighted by Crippen LogP contribution is -2.31. The minimum Gasteiger partial charge on any atom is -0.465 e. The lowest BCUT2D eigenvalue weighted by molar-refractivity contribution is -0.141. The number of rotatable bonds is 4. The van der Waals surface area contributed by atoms with Gasteiger partial charge in [-0.2, -0.15) is 0 Å². The fraction of sp³-hybridized carbons (Fsp3) is 0.333. The smallest absolute Gasteiger partial charge is 0.325 e. The molecule has 0 atom stereocenters. The number of aryl methyl sites for hydroxylation is 1. The van der Waals surface area contributed by atoms with Crippen molar-refractivity contribution in [3.63, 3.8) is 0 Å². The van der Waals surface area contributed by atoms with Gasteiger partial charge in [0.05, 0.1) is 6.61 Å². The van der Waals surface area contributed by atoms with Crippen LogP contribution in [0.2, 0.25) is 0 Å². The standard InChI is InChI=1S/C12H14BrNO3/c1-3-17-11(15)7-14-12(16)10-6-9(13)5-4-8(10)2/h4-6H,3,7H2,1-2H3,(H,14,16). The van der Waals surface area contributed by atoms with E-state index in [1.165, 1.54) is 0 Å². The van der Waals surface area contributed by atoms with Gasteiger partial charge in [-0.25, -0.2) is 0 Å². The minimum atomic E-state index is -0.437. The number of carbonyl (C=O) groups excluding carboxylic acids is 2. The molecule has 0 saturated carbocycles. The first kappa shape index (κ1) is 13.7. The van der Waals surface area contributed by atoms with Crippen LogP contribution in [0.15, 0.2) is 22.7 Å². The van der Waals surface area contributed by atoms with E-state index in [0.29, 0.717) is 12.2 Å². The summed E-state index contributed by atoms with van der Waals surface area (Å²) in [5, 5.41) is 2.52. The zero-order chi connectivity index (χ0) is 12.8. The van der Waals surface area contributed by atoms with E-state index in [1.54, 1.807) is 13.0 Å². The van der Waals surface area contributed by atoms with Gasteiger partial charge in [0.15, 0.2) is 0 Å². The van der Waals surface area contributed by atoms with E-state index < -0.39 is 5.97 Å². The van der Waals surface area contributed by atoms with Crippen LogP contribution >= 0.6 is 15.9 Å². The fourth-order valence-corrected chi connectivity index (χ4v) is 1.66. The second-order valence-electron chi connectivity index (χ2n) is 3.45. The summed E-state index contributed by atoms with van der Waals surface area (Å²) >= 11 is 3.30. The van der Waals surface area contributed by atoms with Crippen LogP contribution in [0.1, 0.15) is 22.8 Å². The summed E-state index contributed by atoms with van der Waals surface area (Å²) in [6.45, 7) is 3.76. The molecule has 4 nitrogen and oxygen atoms in total. The number of hydrogen-bond donors (Lipinski definition) is 1. The van der Waals surface area contributed by atoms with E-state index >= 15 is 0 Å². The molecule has 1 N–H and O–H groups in total. The van der Waals surface area contributed by atoms with Crippen LogP contribution in [0.25, 0.3) is 0 Å². The molecule has 0 spiro atoms. The highest BCUT2D eigenvalue weighted by Crippen LogP contribution is 2.15. The molecule has 0 aliphatic rings. The molecule has 0 unspecified atom stereocenters. The van der Waals surface area contributed by atoms with E-state index in [1.807, 2.05) is 19.1 Å². The van der Waals surface area contributed by atoms with Crippen molar-refractivity contribution in [3.05, 3.63) is 33.8 Å². The zero-order valence-electron chi connectivity index (χ0n) is 9.75. The molecule has 0 aliphatic heterocycles. The Labute approximate surface area is 108 Å². The number of amides is 1. The molecule has 0 saturated heterocycles. The Kier molecular flexibility index (Phi) is 5.15. The van der Waals surface area contributed by atoms with Crippen LogP contribution in [-0.2, 0) is 9.53 Å². The van der Waals surface area contributed by atoms with E-state index in [9.17, 15) is 9.59 Å². The number of hydrogen-bond acceptors (Lipinski definition) is 3. The molecule has 0 radical (unpaired) electrons. The van der Waals surface area contributed by atoms with Crippen molar-refractivity contribution in [2.45, 2.75) is 13.8 Å². The van der Waals surface area contributed by atoms with Gasteiger partial charge in [0.2, 0.25) is 0 Å². The Balaban J connectivity index is 2.64. The molecule has 0 fully saturated rings. The molecule has 5 heteroatoms. The Bertz CT molecular complexity index is 432. The molecule has 1 aromatic carbocycles. The maximum Gasteiger partial charge on any atom is 0.325 e. The van der Waals surface area contributed by atoms with Crippen molar-refractivity contribution < 1.29 is 14.3 Å². The topological polar surface area (TPSA) is 55.4 Å². The zero-order valence-corrected chi connectivity index (χ0v) is 11.3. The Morgan fingerprint density at radius 1 is 1.41 bits per heavy atom. The number of halogens is 1. The van der Waals surface area contributed by atoms with Crippen LogP contribution in [0.3, 0.4) is 0 Å². The van der Waals surface area contributed by atoms with Crippen LogP contribution in [0.4, 0.5) is 0 Å². The summed E-state index contributed by atoms with van der Waals surface area (Å²) in [5.41, 5.74) is 1.40. The molecule has 92 valence electrons. The average molecular weight is 300 g/mol. The first-order valence-corrected chi connectivity index (χ1v) is 6.04. The van der Waals surface area contributed by atoms with E-state index in [4.69, 9.17) is 4.74 Å². The molecule has 0 aliphatic carbocycles. The number of nitrogens with one attached hydrogen (secondary N) is 1. The van der Waals surface area contributed by atoms with E-state index in [2.05, 4.69) is 21.2 Å². The van der Waals surface area contributed by atoms with Crippen molar-refractivity contribution in [1.29, 1.82) is 0 Å². The molecule has 1 aromatic rings. The number of carbonyl (C=O) groups is 2. The van der Waals surface area contributed by atoms with Gasteiger partial charge in [0.1, 0.15) is 6.54 Å². The van der Waals surface area contributed by atoms with Crippen molar-refractivity contribution in [2.75, 3.05) is 13.2 Å². The van der Waals surface area contributed by atoms with E-state index in [0.717, 1.165) is 10.0 Å². The Morgan fingerprint density at radius 2 is 2.12 bits per heavy atom. The second kappa shape index (κ2) is 6.39. The van der Waals surface area contributed by atoms with Crippen molar-refractivity contribution in [3.8, 4) is 0 Å². The third kappa shape index (κ3) is 4.19. The maximum absolute atomic E-state index is 11.8. The fourth-order valence-electron chi connectivity index (χ4n) is 1.30. The summed E-state index contributed by atoms with van der Waals surface area (Å²) in [6.07, 6.45) is 0. The van der Waals surface area contributed by atoms with Crippen LogP contribution < -0.4 is 5.32 Å². The summed E-state index contributed by atoms with van der Waals surface area (Å²) < 4.78 is 5.54. The summed E-state index contributed by atoms with van der Waals surface area (Å²) in [4.78, 5) is 22.9. The predicted molar refractivity (Wildman–Crippen MR) is 67.8 cm³/mol. The van der Waals surface area contributed by atoms with Crippen molar-refractivity contribution in [1.82, 2.24) is 5.32 Å². The molecule has 1 amide bonds. The average Bonchev–Trinajstić information content (AvgIpc) is 2.29. The van der Waals surface area contributed by atoms with Gasteiger partial charge in [-0.3, -0.25) is 9.59 Å². The molecule has 0 heterocycles. The molecule has 1 rings (SSSR count).